The van der Waals surface area contributed by atoms with Gasteiger partial charge in [-0.15, -0.1) is 0 Å². The Morgan fingerprint density at radius 1 is 0.969 bits per heavy atom. The fourth-order valence-electron chi connectivity index (χ4n) is 3.95. The molecule has 2 aliphatic rings. The topological polar surface area (TPSA) is 80.3 Å². The van der Waals surface area contributed by atoms with Gasteiger partial charge in [-0.25, -0.2) is 0 Å². The lowest BCUT2D eigenvalue weighted by Crippen LogP contribution is -2.61. The Hall–Kier alpha value is -2.94. The summed E-state index contributed by atoms with van der Waals surface area (Å²) in [6, 6.07) is 16.8. The molecule has 1 unspecified atom stereocenters. The molecule has 8 nitrogen and oxygen atoms in total. The number of hydrogen-bond donors (Lipinski definition) is 1. The Morgan fingerprint density at radius 2 is 1.66 bits per heavy atom. The van der Waals surface area contributed by atoms with Gasteiger partial charge in [0, 0.05) is 31.9 Å². The molecule has 2 saturated heterocycles. The monoisotopic (exact) mass is 439 g/mol. The van der Waals surface area contributed by atoms with Gasteiger partial charge >= 0.3 is 0 Å². The molecule has 2 aliphatic heterocycles. The van der Waals surface area contributed by atoms with Crippen LogP contribution in [0.2, 0.25) is 0 Å². The second-order valence-electron chi connectivity index (χ2n) is 8.18. The maximum Gasteiger partial charge on any atom is 0.256 e. The quantitative estimate of drug-likeness (QED) is 0.745. The summed E-state index contributed by atoms with van der Waals surface area (Å²) < 4.78 is 17.0. The third-order valence-corrected chi connectivity index (χ3v) is 5.59. The summed E-state index contributed by atoms with van der Waals surface area (Å²) in [5.74, 6) is 1.27. The van der Waals surface area contributed by atoms with E-state index in [4.69, 9.17) is 14.2 Å². The Kier molecular flexibility index (Phi) is 7.04. The lowest BCUT2D eigenvalue weighted by atomic mass is 10.0. The number of hydrogen-bond acceptors (Lipinski definition) is 6. The molecular weight excluding hydrogens is 410 g/mol. The Morgan fingerprint density at radius 3 is 2.38 bits per heavy atom. The molecule has 1 atom stereocenters. The Labute approximate surface area is 188 Å². The number of para-hydroxylation sites is 1. The van der Waals surface area contributed by atoms with Gasteiger partial charge in [0.15, 0.2) is 5.60 Å². The zero-order valence-electron chi connectivity index (χ0n) is 18.3. The molecule has 2 amide bonds. The van der Waals surface area contributed by atoms with Crippen LogP contribution >= 0.6 is 0 Å². The van der Waals surface area contributed by atoms with Crippen LogP contribution in [0, 0.1) is 0 Å². The number of carbonyl (C=O) groups excluding carboxylic acids is 2. The van der Waals surface area contributed by atoms with Gasteiger partial charge in [-0.2, -0.15) is 0 Å². The molecule has 170 valence electrons. The van der Waals surface area contributed by atoms with Crippen LogP contribution < -0.4 is 10.1 Å². The van der Waals surface area contributed by atoms with Gasteiger partial charge in [-0.3, -0.25) is 14.5 Å². The van der Waals surface area contributed by atoms with Crippen molar-refractivity contribution < 1.29 is 23.8 Å². The number of anilines is 1. The first-order valence-electron chi connectivity index (χ1n) is 10.9. The first-order chi connectivity index (χ1) is 15.5. The minimum atomic E-state index is -0.952. The summed E-state index contributed by atoms with van der Waals surface area (Å²) in [5, 5.41) is 2.91. The van der Waals surface area contributed by atoms with Gasteiger partial charge in [-0.1, -0.05) is 18.2 Å². The standard InChI is InChI=1S/C24H29N3O5/c1-24(23(29)27-12-14-30-15-13-27)18-26(11-16-31-24)17-22(28)25-19-7-9-21(10-8-19)32-20-5-3-2-4-6-20/h2-10H,11-18H2,1H3,(H,25,28). The largest absolute Gasteiger partial charge is 0.457 e. The van der Waals surface area contributed by atoms with Gasteiger partial charge in [0.05, 0.1) is 26.4 Å². The highest BCUT2D eigenvalue weighted by Crippen LogP contribution is 2.23. The third-order valence-electron chi connectivity index (χ3n) is 5.59. The molecule has 0 radical (unpaired) electrons. The summed E-state index contributed by atoms with van der Waals surface area (Å²) in [6.45, 7) is 5.61. The zero-order chi connectivity index (χ0) is 22.4. The van der Waals surface area contributed by atoms with Crippen LogP contribution in [-0.4, -0.2) is 79.8 Å². The number of amides is 2. The number of morpholine rings is 2. The highest BCUT2D eigenvalue weighted by molar-refractivity contribution is 5.92. The predicted octanol–water partition coefficient (Wildman–Crippen LogP) is 2.37. The number of ether oxygens (including phenoxy) is 3. The lowest BCUT2D eigenvalue weighted by molar-refractivity contribution is -0.171. The van der Waals surface area contributed by atoms with Crippen molar-refractivity contribution in [2.75, 3.05) is 57.9 Å². The van der Waals surface area contributed by atoms with Crippen LogP contribution in [0.4, 0.5) is 5.69 Å². The summed E-state index contributed by atoms with van der Waals surface area (Å²) in [6.07, 6.45) is 0. The molecule has 1 N–H and O–H groups in total. The fraction of sp³-hybridized carbons (Fsp3) is 0.417. The number of carbonyl (C=O) groups is 2. The van der Waals surface area contributed by atoms with E-state index in [1.54, 1.807) is 11.8 Å². The van der Waals surface area contributed by atoms with E-state index >= 15 is 0 Å². The van der Waals surface area contributed by atoms with Crippen molar-refractivity contribution in [2.45, 2.75) is 12.5 Å². The highest BCUT2D eigenvalue weighted by Gasteiger charge is 2.42. The molecule has 2 heterocycles. The second-order valence-corrected chi connectivity index (χ2v) is 8.18. The molecule has 4 rings (SSSR count). The maximum absolute atomic E-state index is 13.0. The predicted molar refractivity (Wildman–Crippen MR) is 120 cm³/mol. The van der Waals surface area contributed by atoms with Crippen LogP contribution in [0.1, 0.15) is 6.92 Å². The Bertz CT molecular complexity index is 915. The summed E-state index contributed by atoms with van der Waals surface area (Å²) in [4.78, 5) is 29.3. The van der Waals surface area contributed by atoms with E-state index in [-0.39, 0.29) is 18.4 Å². The molecule has 2 fully saturated rings. The normalized spacial score (nSPS) is 21.7. The first kappa shape index (κ1) is 22.3. The van der Waals surface area contributed by atoms with Crippen molar-refractivity contribution in [3.8, 4) is 11.5 Å². The molecule has 2 aromatic rings. The Balaban J connectivity index is 1.29. The van der Waals surface area contributed by atoms with E-state index in [0.29, 0.717) is 57.4 Å². The van der Waals surface area contributed by atoms with E-state index in [1.807, 2.05) is 59.5 Å². The minimum Gasteiger partial charge on any atom is -0.457 e. The van der Waals surface area contributed by atoms with Crippen molar-refractivity contribution in [3.63, 3.8) is 0 Å². The van der Waals surface area contributed by atoms with Crippen LogP contribution in [0.3, 0.4) is 0 Å². The minimum absolute atomic E-state index is 0.0417. The van der Waals surface area contributed by atoms with Crippen LogP contribution in [0.15, 0.2) is 54.6 Å². The zero-order valence-corrected chi connectivity index (χ0v) is 18.3. The summed E-state index contributed by atoms with van der Waals surface area (Å²) in [5.41, 5.74) is -0.262. The SMILES string of the molecule is CC1(C(=O)N2CCOCC2)CN(CC(=O)Nc2ccc(Oc3ccccc3)cc2)CCO1. The van der Waals surface area contributed by atoms with Crippen molar-refractivity contribution in [2.24, 2.45) is 0 Å². The second kappa shape index (κ2) is 10.1. The van der Waals surface area contributed by atoms with Crippen molar-refractivity contribution >= 4 is 17.5 Å². The summed E-state index contributed by atoms with van der Waals surface area (Å²) in [7, 11) is 0. The molecule has 0 bridgehead atoms. The highest BCUT2D eigenvalue weighted by atomic mass is 16.5. The number of nitrogens with zero attached hydrogens (tertiary/aromatic N) is 2. The van der Waals surface area contributed by atoms with Crippen LogP contribution in [0.25, 0.3) is 0 Å². The van der Waals surface area contributed by atoms with Crippen molar-refractivity contribution in [1.29, 1.82) is 0 Å². The average Bonchev–Trinajstić information content (AvgIpc) is 2.81. The van der Waals surface area contributed by atoms with E-state index in [9.17, 15) is 9.59 Å². The molecule has 32 heavy (non-hydrogen) atoms. The molecule has 2 aromatic carbocycles. The summed E-state index contributed by atoms with van der Waals surface area (Å²) >= 11 is 0. The first-order valence-corrected chi connectivity index (χ1v) is 10.9. The van der Waals surface area contributed by atoms with Gasteiger partial charge in [0.2, 0.25) is 5.91 Å². The van der Waals surface area contributed by atoms with Crippen molar-refractivity contribution in [1.82, 2.24) is 9.80 Å². The van der Waals surface area contributed by atoms with Crippen molar-refractivity contribution in [3.05, 3.63) is 54.6 Å². The van der Waals surface area contributed by atoms with Gasteiger partial charge < -0.3 is 24.4 Å². The molecular formula is C24H29N3O5. The maximum atomic E-state index is 13.0. The smallest absolute Gasteiger partial charge is 0.256 e. The molecule has 0 spiro atoms. The molecule has 0 aliphatic carbocycles. The van der Waals surface area contributed by atoms with Gasteiger partial charge in [0.25, 0.3) is 5.91 Å². The fourth-order valence-corrected chi connectivity index (χ4v) is 3.95. The van der Waals surface area contributed by atoms with E-state index in [1.165, 1.54) is 0 Å². The average molecular weight is 440 g/mol. The number of rotatable bonds is 6. The van der Waals surface area contributed by atoms with Crippen LogP contribution in [-0.2, 0) is 19.1 Å². The molecule has 8 heteroatoms. The van der Waals surface area contributed by atoms with Crippen LogP contribution in [0.5, 0.6) is 11.5 Å². The molecule has 0 saturated carbocycles. The van der Waals surface area contributed by atoms with Gasteiger partial charge in [0.1, 0.15) is 11.5 Å². The molecule has 0 aromatic heterocycles. The van der Waals surface area contributed by atoms with E-state index < -0.39 is 5.60 Å². The number of nitrogens with one attached hydrogen (secondary N) is 1. The lowest BCUT2D eigenvalue weighted by Gasteiger charge is -2.42. The van der Waals surface area contributed by atoms with E-state index in [0.717, 1.165) is 5.75 Å². The van der Waals surface area contributed by atoms with E-state index in [2.05, 4.69) is 5.32 Å². The van der Waals surface area contributed by atoms with Gasteiger partial charge in [-0.05, 0) is 43.3 Å². The third kappa shape index (κ3) is 5.64. The number of benzene rings is 2.